The predicted octanol–water partition coefficient (Wildman–Crippen LogP) is 6.34. The molecule has 0 unspecified atom stereocenters. The van der Waals surface area contributed by atoms with E-state index in [4.69, 9.17) is 20.4 Å². The van der Waals surface area contributed by atoms with E-state index in [0.29, 0.717) is 31.0 Å². The summed E-state index contributed by atoms with van der Waals surface area (Å²) >= 11 is 0. The minimum atomic E-state index is 0. The molecular formula is C28H34AcN7O-. The second-order valence-corrected chi connectivity index (χ2v) is 9.67. The fourth-order valence-electron chi connectivity index (χ4n) is 4.62. The van der Waals surface area contributed by atoms with Crippen molar-refractivity contribution in [2.24, 2.45) is 0 Å². The number of anilines is 2. The zero-order valence-electron chi connectivity index (χ0n) is 21.5. The predicted molar refractivity (Wildman–Crippen MR) is 146 cm³/mol. The summed E-state index contributed by atoms with van der Waals surface area (Å²) in [6.45, 7) is 5.33. The fraction of sp³-hybridized carbons (Fsp3) is 0.393. The van der Waals surface area contributed by atoms with Gasteiger partial charge in [0.25, 0.3) is 0 Å². The molecular weight excluding hydrogens is 677 g/mol. The summed E-state index contributed by atoms with van der Waals surface area (Å²) < 4.78 is 8.04. The molecule has 1 fully saturated rings. The molecule has 4 aromatic rings. The molecule has 0 aliphatic heterocycles. The summed E-state index contributed by atoms with van der Waals surface area (Å²) in [7, 11) is 0. The van der Waals surface area contributed by atoms with Crippen LogP contribution >= 0.6 is 0 Å². The van der Waals surface area contributed by atoms with E-state index in [1.807, 2.05) is 36.7 Å². The normalized spacial score (nSPS) is 17.4. The number of imidazole rings is 1. The molecule has 0 atom stereocenters. The third-order valence-electron chi connectivity index (χ3n) is 6.66. The molecule has 1 saturated carbocycles. The number of ether oxygens (including phenoxy) is 1. The largest absolute Gasteiger partial charge is 0.675 e. The molecule has 0 spiro atoms. The smallest absolute Gasteiger partial charge is 0.227 e. The first-order valence-corrected chi connectivity index (χ1v) is 12.8. The van der Waals surface area contributed by atoms with Gasteiger partial charge >= 0.3 is 0 Å². The molecule has 9 heteroatoms. The first kappa shape index (κ1) is 27.8. The Morgan fingerprint density at radius 2 is 1.68 bits per heavy atom. The van der Waals surface area contributed by atoms with Crippen molar-refractivity contribution in [3.63, 3.8) is 0 Å². The van der Waals surface area contributed by atoms with Gasteiger partial charge in [0.05, 0.1) is 12.9 Å². The fourth-order valence-corrected chi connectivity index (χ4v) is 4.62. The molecule has 1 radical (unpaired) electrons. The van der Waals surface area contributed by atoms with Crippen LogP contribution in [0.25, 0.3) is 28.0 Å². The second kappa shape index (κ2) is 13.0. The monoisotopic (exact) mass is 711 g/mol. The van der Waals surface area contributed by atoms with Crippen molar-refractivity contribution in [1.29, 1.82) is 0 Å². The van der Waals surface area contributed by atoms with Crippen molar-refractivity contribution < 1.29 is 48.8 Å². The quantitative estimate of drug-likeness (QED) is 0.197. The van der Waals surface area contributed by atoms with Gasteiger partial charge in [-0.3, -0.25) is 0 Å². The molecule has 2 aromatic heterocycles. The molecule has 2 aromatic carbocycles. The minimum absolute atomic E-state index is 0. The molecule has 0 amide bonds. The van der Waals surface area contributed by atoms with Gasteiger partial charge in [-0.15, -0.1) is 6.04 Å². The summed E-state index contributed by atoms with van der Waals surface area (Å²) in [5.41, 5.74) is 11.9. The van der Waals surface area contributed by atoms with Crippen LogP contribution in [0.15, 0.2) is 60.9 Å². The van der Waals surface area contributed by atoms with E-state index in [9.17, 15) is 0 Å². The van der Waals surface area contributed by atoms with Crippen molar-refractivity contribution >= 4 is 22.9 Å². The average Bonchev–Trinajstić information content (AvgIpc) is 3.33. The van der Waals surface area contributed by atoms with Gasteiger partial charge in [-0.2, -0.15) is 9.97 Å². The summed E-state index contributed by atoms with van der Waals surface area (Å²) in [5.74, 6) is 2.15. The van der Waals surface area contributed by atoms with Crippen LogP contribution in [0.4, 0.5) is 11.8 Å². The Hall–Kier alpha value is -2.21. The second-order valence-electron chi connectivity index (χ2n) is 9.67. The number of nitrogens with one attached hydrogen (secondary N) is 3. The molecule has 1 aliphatic carbocycles. The molecule has 8 nitrogen and oxygen atoms in total. The summed E-state index contributed by atoms with van der Waals surface area (Å²) in [5, 5.41) is 6.92. The molecule has 0 bridgehead atoms. The maximum absolute atomic E-state index is 7.95. The van der Waals surface area contributed by atoms with Gasteiger partial charge in [0.2, 0.25) is 5.95 Å². The molecule has 0 saturated heterocycles. The number of benzene rings is 2. The van der Waals surface area contributed by atoms with E-state index >= 15 is 0 Å². The number of hydrogen-bond acceptors (Lipinski definition) is 6. The van der Waals surface area contributed by atoms with Gasteiger partial charge in [0.1, 0.15) is 12.4 Å². The Morgan fingerprint density at radius 3 is 2.38 bits per heavy atom. The number of fused-ring (bicyclic) bond motifs is 1. The molecule has 37 heavy (non-hydrogen) atoms. The van der Waals surface area contributed by atoms with Crippen LogP contribution in [0, 0.1) is 44.1 Å². The SMILES string of the molecule is CC(C)n1cnc2c(NCCOc3ccc(-c4ccccc4)cc3)nc(NC3CCC([NH-])CC3)nc21.[Ac]. The zero-order chi connectivity index (χ0) is 24.9. The summed E-state index contributed by atoms with van der Waals surface area (Å²) in [6.07, 6.45) is 5.60. The van der Waals surface area contributed by atoms with Crippen LogP contribution in [0.3, 0.4) is 0 Å². The number of nitrogens with zero attached hydrogens (tertiary/aromatic N) is 4. The summed E-state index contributed by atoms with van der Waals surface area (Å²) in [6, 6.07) is 19.1. The van der Waals surface area contributed by atoms with E-state index in [2.05, 4.69) is 58.3 Å². The van der Waals surface area contributed by atoms with Crippen LogP contribution < -0.4 is 15.4 Å². The molecule has 1 aliphatic rings. The van der Waals surface area contributed by atoms with E-state index < -0.39 is 0 Å². The van der Waals surface area contributed by atoms with Gasteiger partial charge < -0.3 is 25.7 Å². The number of hydrogen-bond donors (Lipinski definition) is 2. The van der Waals surface area contributed by atoms with E-state index in [-0.39, 0.29) is 56.1 Å². The minimum Gasteiger partial charge on any atom is -0.675 e. The van der Waals surface area contributed by atoms with Crippen molar-refractivity contribution in [3.05, 3.63) is 66.7 Å². The average molecular weight is 712 g/mol. The Morgan fingerprint density at radius 1 is 0.973 bits per heavy atom. The van der Waals surface area contributed by atoms with Gasteiger partial charge in [-0.1, -0.05) is 55.3 Å². The molecule has 5 rings (SSSR count). The van der Waals surface area contributed by atoms with Crippen LogP contribution in [-0.4, -0.2) is 44.8 Å². The van der Waals surface area contributed by atoms with Crippen LogP contribution in [-0.2, 0) is 0 Å². The Kier molecular flexibility index (Phi) is 9.80. The van der Waals surface area contributed by atoms with Crippen LogP contribution in [0.1, 0.15) is 45.6 Å². The standard InChI is InChI=1S/C28H34N7O.Ac/c1-19(2)35-18-31-25-26(33-28(34-27(25)35)32-23-12-10-22(29)11-13-23)30-16-17-36-24-14-8-21(9-15-24)20-6-4-3-5-7-20;/h3-9,14-15,18-19,22-23,29H,10-13,16-17H2,1-2H3,(H2,30,32,33,34);/q-1;. The van der Waals surface area contributed by atoms with Crippen molar-refractivity contribution in [2.45, 2.75) is 57.7 Å². The van der Waals surface area contributed by atoms with Gasteiger partial charge in [0.15, 0.2) is 17.0 Å². The van der Waals surface area contributed by atoms with Crippen molar-refractivity contribution in [2.75, 3.05) is 23.8 Å². The van der Waals surface area contributed by atoms with Crippen LogP contribution in [0.5, 0.6) is 5.75 Å². The third kappa shape index (κ3) is 7.01. The number of aromatic nitrogens is 4. The Bertz CT molecular complexity index is 1270. The van der Waals surface area contributed by atoms with Crippen molar-refractivity contribution in [1.82, 2.24) is 19.5 Å². The van der Waals surface area contributed by atoms with Gasteiger partial charge in [0, 0.05) is 56.1 Å². The Balaban J connectivity index is 0.00000320. The zero-order valence-corrected chi connectivity index (χ0v) is 26.3. The van der Waals surface area contributed by atoms with Gasteiger partial charge in [-0.05, 0) is 49.9 Å². The summed E-state index contributed by atoms with van der Waals surface area (Å²) in [4.78, 5) is 14.2. The van der Waals surface area contributed by atoms with E-state index in [1.54, 1.807) is 0 Å². The number of rotatable bonds is 9. The molecule has 191 valence electrons. The van der Waals surface area contributed by atoms with Gasteiger partial charge in [-0.25, -0.2) is 4.98 Å². The maximum Gasteiger partial charge on any atom is 0.227 e. The Labute approximate surface area is 254 Å². The first-order chi connectivity index (χ1) is 17.6. The third-order valence-corrected chi connectivity index (χ3v) is 6.66. The maximum atomic E-state index is 7.95. The van der Waals surface area contributed by atoms with Crippen molar-refractivity contribution in [3.8, 4) is 16.9 Å². The molecule has 3 N–H and O–H groups in total. The van der Waals surface area contributed by atoms with E-state index in [1.165, 1.54) is 11.1 Å². The van der Waals surface area contributed by atoms with Crippen LogP contribution in [0.2, 0.25) is 0 Å². The molecule has 2 heterocycles. The topological polar surface area (TPSA) is 101 Å². The van der Waals surface area contributed by atoms with E-state index in [0.717, 1.165) is 42.6 Å². The first-order valence-electron chi connectivity index (χ1n) is 12.8.